The molecule has 8 aromatic carbocycles. The molecule has 2 aliphatic heterocycles. The van der Waals surface area contributed by atoms with Crippen molar-refractivity contribution in [2.75, 3.05) is 9.80 Å². The Labute approximate surface area is 313 Å². The van der Waals surface area contributed by atoms with Gasteiger partial charge in [-0.25, -0.2) is 0 Å². The Kier molecular flexibility index (Phi) is 6.70. The highest BCUT2D eigenvalue weighted by Gasteiger charge is 2.27. The normalized spacial score (nSPS) is 12.8. The van der Waals surface area contributed by atoms with Gasteiger partial charge in [0.1, 0.15) is 0 Å². The van der Waals surface area contributed by atoms with Gasteiger partial charge in [0.25, 0.3) is 0 Å². The van der Waals surface area contributed by atoms with Crippen molar-refractivity contribution in [1.82, 2.24) is 4.57 Å². The molecule has 2 aliphatic rings. The van der Waals surface area contributed by atoms with Gasteiger partial charge in [0, 0.05) is 40.3 Å². The number of ether oxygens (including phenoxy) is 2. The van der Waals surface area contributed by atoms with Gasteiger partial charge in [-0.1, -0.05) is 109 Å². The zero-order valence-corrected chi connectivity index (χ0v) is 29.5. The van der Waals surface area contributed by atoms with Crippen LogP contribution in [-0.2, 0) is 7.05 Å². The standard InChI is InChI=1S/C49H33N3O2/c1-50-48-36(32-14-10-16-34(30-32)51-40-22-2-6-26-44(40)53-45-27-7-3-23-41(45)51)18-12-20-38(48)39-21-13-19-37(49(39)50)33-15-11-17-35(31-33)52-42-24-4-8-28-46(42)54-47-29-9-5-25-43(47)52/h2-31H,1H3. The van der Waals surface area contributed by atoms with Crippen molar-refractivity contribution < 1.29 is 9.47 Å². The largest absolute Gasteiger partial charge is 0.453 e. The van der Waals surface area contributed by atoms with Gasteiger partial charge < -0.3 is 23.8 Å². The summed E-state index contributed by atoms with van der Waals surface area (Å²) in [5.41, 5.74) is 13.3. The third-order valence-electron chi connectivity index (χ3n) is 10.7. The second-order valence-electron chi connectivity index (χ2n) is 13.8. The summed E-state index contributed by atoms with van der Waals surface area (Å²) in [5, 5.41) is 2.46. The van der Waals surface area contributed by atoms with Crippen molar-refractivity contribution in [1.29, 1.82) is 0 Å². The lowest BCUT2D eigenvalue weighted by Crippen LogP contribution is -2.15. The molecule has 0 unspecified atom stereocenters. The second kappa shape index (κ2) is 11.9. The predicted octanol–water partition coefficient (Wildman–Crippen LogP) is 13.8. The number of aryl methyl sites for hydroxylation is 1. The van der Waals surface area contributed by atoms with Gasteiger partial charge in [-0.2, -0.15) is 0 Å². The van der Waals surface area contributed by atoms with Gasteiger partial charge >= 0.3 is 0 Å². The minimum atomic E-state index is 0.844. The summed E-state index contributed by atoms with van der Waals surface area (Å²) in [6.07, 6.45) is 0. The molecule has 5 heteroatoms. The highest BCUT2D eigenvalue weighted by Crippen LogP contribution is 2.52. The summed E-state index contributed by atoms with van der Waals surface area (Å²) in [5.74, 6) is 3.37. The number of benzene rings is 8. The van der Waals surface area contributed by atoms with Gasteiger partial charge in [-0.15, -0.1) is 0 Å². The van der Waals surface area contributed by atoms with E-state index < -0.39 is 0 Å². The maximum absolute atomic E-state index is 6.32. The SMILES string of the molecule is Cn1c2c(-c3cccc(N4c5ccccc5Oc5ccccc54)c3)cccc2c2cccc(-c3cccc(N4c5ccccc5Oc5ccccc54)c3)c21. The third-order valence-corrected chi connectivity index (χ3v) is 10.7. The van der Waals surface area contributed by atoms with Crippen LogP contribution in [0.3, 0.4) is 0 Å². The van der Waals surface area contributed by atoms with Crippen LogP contribution in [0.1, 0.15) is 0 Å². The highest BCUT2D eigenvalue weighted by atomic mass is 16.5. The summed E-state index contributed by atoms with van der Waals surface area (Å²) in [6.45, 7) is 0. The number of hydrogen-bond acceptors (Lipinski definition) is 4. The number of fused-ring (bicyclic) bond motifs is 7. The van der Waals surface area contributed by atoms with Crippen LogP contribution in [-0.4, -0.2) is 4.57 Å². The maximum Gasteiger partial charge on any atom is 0.151 e. The average molecular weight is 696 g/mol. The molecule has 11 rings (SSSR count). The number of rotatable bonds is 4. The van der Waals surface area contributed by atoms with Crippen LogP contribution in [0.4, 0.5) is 34.1 Å². The minimum absolute atomic E-state index is 0.844. The fraction of sp³-hybridized carbons (Fsp3) is 0.0204. The first-order valence-corrected chi connectivity index (χ1v) is 18.2. The van der Waals surface area contributed by atoms with Crippen molar-refractivity contribution in [2.24, 2.45) is 7.05 Å². The Morgan fingerprint density at radius 3 is 1.09 bits per heavy atom. The molecule has 256 valence electrons. The molecule has 1 aromatic heterocycles. The van der Waals surface area contributed by atoms with Crippen LogP contribution in [0.15, 0.2) is 182 Å². The van der Waals surface area contributed by atoms with Crippen molar-refractivity contribution in [3.8, 4) is 45.3 Å². The molecule has 0 fully saturated rings. The number of nitrogens with zero attached hydrogens (tertiary/aromatic N) is 3. The van der Waals surface area contributed by atoms with E-state index in [0.29, 0.717) is 0 Å². The molecule has 0 N–H and O–H groups in total. The van der Waals surface area contributed by atoms with Crippen LogP contribution in [0, 0.1) is 0 Å². The van der Waals surface area contributed by atoms with E-state index in [4.69, 9.17) is 9.47 Å². The lowest BCUT2D eigenvalue weighted by atomic mass is 9.99. The van der Waals surface area contributed by atoms with E-state index in [1.807, 2.05) is 48.5 Å². The number of anilines is 6. The molecular weight excluding hydrogens is 663 g/mol. The van der Waals surface area contributed by atoms with Crippen LogP contribution in [0.25, 0.3) is 44.1 Å². The van der Waals surface area contributed by atoms with Crippen molar-refractivity contribution >= 4 is 55.9 Å². The summed E-state index contributed by atoms with van der Waals surface area (Å²) < 4.78 is 15.0. The second-order valence-corrected chi connectivity index (χ2v) is 13.8. The average Bonchev–Trinajstić information content (AvgIpc) is 3.53. The molecule has 0 saturated heterocycles. The topological polar surface area (TPSA) is 29.9 Å². The van der Waals surface area contributed by atoms with E-state index in [1.165, 1.54) is 32.9 Å². The lowest BCUT2D eigenvalue weighted by Gasteiger charge is -2.33. The van der Waals surface area contributed by atoms with E-state index in [-0.39, 0.29) is 0 Å². The molecule has 54 heavy (non-hydrogen) atoms. The van der Waals surface area contributed by atoms with Crippen LogP contribution >= 0.6 is 0 Å². The summed E-state index contributed by atoms with van der Waals surface area (Å²) >= 11 is 0. The Hall–Kier alpha value is -7.24. The third kappa shape index (κ3) is 4.58. The van der Waals surface area contributed by atoms with Gasteiger partial charge in [-0.05, 0) is 83.9 Å². The fourth-order valence-electron chi connectivity index (χ4n) is 8.41. The highest BCUT2D eigenvalue weighted by molar-refractivity contribution is 6.16. The Morgan fingerprint density at radius 1 is 0.352 bits per heavy atom. The van der Waals surface area contributed by atoms with Gasteiger partial charge in [0.05, 0.1) is 33.8 Å². The zero-order valence-electron chi connectivity index (χ0n) is 29.5. The number of para-hydroxylation sites is 10. The molecular formula is C49H33N3O2. The summed E-state index contributed by atoms with van der Waals surface area (Å²) in [4.78, 5) is 4.60. The number of hydrogen-bond donors (Lipinski definition) is 0. The van der Waals surface area contributed by atoms with Crippen molar-refractivity contribution in [3.05, 3.63) is 182 Å². The van der Waals surface area contributed by atoms with Crippen molar-refractivity contribution in [3.63, 3.8) is 0 Å². The molecule has 3 heterocycles. The first-order valence-electron chi connectivity index (χ1n) is 18.2. The molecule has 0 amide bonds. The van der Waals surface area contributed by atoms with Gasteiger partial charge in [-0.3, -0.25) is 0 Å². The first kappa shape index (κ1) is 30.4. The van der Waals surface area contributed by atoms with Gasteiger partial charge in [0.15, 0.2) is 23.0 Å². The van der Waals surface area contributed by atoms with E-state index in [1.54, 1.807) is 0 Å². The summed E-state index contributed by atoms with van der Waals surface area (Å²) in [6, 6.07) is 64.0. The Morgan fingerprint density at radius 2 is 0.704 bits per heavy atom. The Balaban J connectivity index is 1.06. The molecule has 0 atom stereocenters. The molecule has 0 bridgehead atoms. The van der Waals surface area contributed by atoms with Crippen molar-refractivity contribution in [2.45, 2.75) is 0 Å². The quantitative estimate of drug-likeness (QED) is 0.183. The molecule has 5 nitrogen and oxygen atoms in total. The minimum Gasteiger partial charge on any atom is -0.453 e. The summed E-state index contributed by atoms with van der Waals surface area (Å²) in [7, 11) is 2.20. The number of aromatic nitrogens is 1. The lowest BCUT2D eigenvalue weighted by molar-refractivity contribution is 0.477. The maximum atomic E-state index is 6.32. The molecule has 0 saturated carbocycles. The molecule has 0 radical (unpaired) electrons. The van der Waals surface area contributed by atoms with E-state index in [2.05, 4.69) is 155 Å². The molecule has 0 spiro atoms. The predicted molar refractivity (Wildman–Crippen MR) is 221 cm³/mol. The van der Waals surface area contributed by atoms with E-state index >= 15 is 0 Å². The monoisotopic (exact) mass is 695 g/mol. The van der Waals surface area contributed by atoms with Crippen LogP contribution in [0.5, 0.6) is 23.0 Å². The zero-order chi connectivity index (χ0) is 35.8. The van der Waals surface area contributed by atoms with E-state index in [9.17, 15) is 0 Å². The van der Waals surface area contributed by atoms with Gasteiger partial charge in [0.2, 0.25) is 0 Å². The van der Waals surface area contributed by atoms with Crippen LogP contribution < -0.4 is 19.3 Å². The molecule has 9 aromatic rings. The molecule has 0 aliphatic carbocycles. The Bertz CT molecular complexity index is 2660. The first-order chi connectivity index (χ1) is 26.7. The fourth-order valence-corrected chi connectivity index (χ4v) is 8.41. The van der Waals surface area contributed by atoms with E-state index in [0.717, 1.165) is 68.2 Å². The smallest absolute Gasteiger partial charge is 0.151 e. The van der Waals surface area contributed by atoms with Crippen LogP contribution in [0.2, 0.25) is 0 Å².